The Labute approximate surface area is 115 Å². The van der Waals surface area contributed by atoms with Crippen molar-refractivity contribution in [1.29, 1.82) is 0 Å². The predicted octanol–water partition coefficient (Wildman–Crippen LogP) is 4.82. The molecule has 2 rings (SSSR count). The van der Waals surface area contributed by atoms with Gasteiger partial charge in [0.05, 0.1) is 7.11 Å². The van der Waals surface area contributed by atoms with Gasteiger partial charge >= 0.3 is 0 Å². The average Bonchev–Trinajstić information content (AvgIpc) is 2.89. The Morgan fingerprint density at radius 3 is 2.56 bits per heavy atom. The number of hydrogen-bond donors (Lipinski definition) is 0. The van der Waals surface area contributed by atoms with Gasteiger partial charge in [-0.2, -0.15) is 0 Å². The molecule has 0 aromatic heterocycles. The minimum atomic E-state index is 0.223. The zero-order valence-corrected chi connectivity index (χ0v) is 12.2. The number of rotatable bonds is 5. The fraction of sp³-hybridized carbons (Fsp3) is 0.625. The van der Waals surface area contributed by atoms with Crippen molar-refractivity contribution < 1.29 is 4.74 Å². The standard InChI is InChI=1S/C16H23ClO/c1-3-16(10-6-7-11-16)15(17)12-13-8-4-5-9-14(13)18-2/h4-5,8-9,15H,3,6-7,10-12H2,1-2H3. The molecule has 1 nitrogen and oxygen atoms in total. The van der Waals surface area contributed by atoms with Gasteiger partial charge in [-0.3, -0.25) is 0 Å². The molecule has 1 saturated carbocycles. The van der Waals surface area contributed by atoms with Crippen LogP contribution >= 0.6 is 11.6 Å². The van der Waals surface area contributed by atoms with Gasteiger partial charge in [-0.25, -0.2) is 0 Å². The molecular formula is C16H23ClO. The van der Waals surface area contributed by atoms with E-state index in [0.29, 0.717) is 5.41 Å². The van der Waals surface area contributed by atoms with Gasteiger partial charge in [-0.05, 0) is 42.7 Å². The van der Waals surface area contributed by atoms with E-state index in [-0.39, 0.29) is 5.38 Å². The van der Waals surface area contributed by atoms with Crippen molar-refractivity contribution in [2.24, 2.45) is 5.41 Å². The van der Waals surface area contributed by atoms with Gasteiger partial charge in [-0.15, -0.1) is 11.6 Å². The minimum absolute atomic E-state index is 0.223. The van der Waals surface area contributed by atoms with Crippen LogP contribution in [0.5, 0.6) is 5.75 Å². The number of hydrogen-bond acceptors (Lipinski definition) is 1. The zero-order valence-electron chi connectivity index (χ0n) is 11.4. The summed E-state index contributed by atoms with van der Waals surface area (Å²) in [5.41, 5.74) is 1.59. The zero-order chi connectivity index (χ0) is 13.0. The molecule has 0 amide bonds. The second-order valence-electron chi connectivity index (χ2n) is 5.41. The lowest BCUT2D eigenvalue weighted by Gasteiger charge is -2.33. The van der Waals surface area contributed by atoms with Crippen LogP contribution in [-0.2, 0) is 6.42 Å². The van der Waals surface area contributed by atoms with Crippen LogP contribution in [0.1, 0.15) is 44.6 Å². The van der Waals surface area contributed by atoms with Gasteiger partial charge in [0, 0.05) is 5.38 Å². The van der Waals surface area contributed by atoms with Crippen LogP contribution in [0.2, 0.25) is 0 Å². The maximum atomic E-state index is 6.75. The van der Waals surface area contributed by atoms with Crippen molar-refractivity contribution in [2.45, 2.75) is 50.8 Å². The summed E-state index contributed by atoms with van der Waals surface area (Å²) in [7, 11) is 1.73. The van der Waals surface area contributed by atoms with E-state index in [2.05, 4.69) is 19.1 Å². The Morgan fingerprint density at radius 2 is 1.94 bits per heavy atom. The first kappa shape index (κ1) is 13.7. The van der Waals surface area contributed by atoms with Crippen molar-refractivity contribution in [3.05, 3.63) is 29.8 Å². The first-order chi connectivity index (χ1) is 8.72. The fourth-order valence-electron chi connectivity index (χ4n) is 3.25. The molecule has 0 heterocycles. The molecule has 1 fully saturated rings. The highest BCUT2D eigenvalue weighted by Crippen LogP contribution is 2.47. The molecule has 0 spiro atoms. The Kier molecular flexibility index (Phi) is 4.55. The highest BCUT2D eigenvalue weighted by molar-refractivity contribution is 6.21. The average molecular weight is 267 g/mol. The summed E-state index contributed by atoms with van der Waals surface area (Å²) >= 11 is 6.75. The summed E-state index contributed by atoms with van der Waals surface area (Å²) in [6.07, 6.45) is 7.35. The van der Waals surface area contributed by atoms with Gasteiger partial charge in [0.15, 0.2) is 0 Å². The molecule has 1 aliphatic carbocycles. The second-order valence-corrected chi connectivity index (χ2v) is 5.93. The lowest BCUT2D eigenvalue weighted by Crippen LogP contribution is -2.29. The van der Waals surface area contributed by atoms with E-state index < -0.39 is 0 Å². The lowest BCUT2D eigenvalue weighted by molar-refractivity contribution is 0.266. The molecule has 1 atom stereocenters. The highest BCUT2D eigenvalue weighted by atomic mass is 35.5. The molecule has 1 aliphatic rings. The van der Waals surface area contributed by atoms with Crippen molar-refractivity contribution in [3.63, 3.8) is 0 Å². The van der Waals surface area contributed by atoms with Crippen LogP contribution in [0.4, 0.5) is 0 Å². The summed E-state index contributed by atoms with van der Waals surface area (Å²) in [6.45, 7) is 2.28. The topological polar surface area (TPSA) is 9.23 Å². The number of alkyl halides is 1. The number of para-hydroxylation sites is 1. The van der Waals surface area contributed by atoms with Crippen molar-refractivity contribution in [3.8, 4) is 5.75 Å². The van der Waals surface area contributed by atoms with Gasteiger partial charge in [0.2, 0.25) is 0 Å². The third-order valence-electron chi connectivity index (χ3n) is 4.56. The summed E-state index contributed by atoms with van der Waals surface area (Å²) < 4.78 is 5.42. The van der Waals surface area contributed by atoms with E-state index >= 15 is 0 Å². The molecule has 2 heteroatoms. The first-order valence-electron chi connectivity index (χ1n) is 6.98. The lowest BCUT2D eigenvalue weighted by atomic mass is 9.77. The highest BCUT2D eigenvalue weighted by Gasteiger charge is 2.38. The Hall–Kier alpha value is -0.690. The maximum absolute atomic E-state index is 6.75. The normalized spacial score (nSPS) is 19.7. The maximum Gasteiger partial charge on any atom is 0.122 e. The molecule has 0 radical (unpaired) electrons. The van der Waals surface area contributed by atoms with E-state index in [1.807, 2.05) is 12.1 Å². The van der Waals surface area contributed by atoms with Gasteiger partial charge in [0.1, 0.15) is 5.75 Å². The Morgan fingerprint density at radius 1 is 1.28 bits per heavy atom. The van der Waals surface area contributed by atoms with Crippen molar-refractivity contribution in [1.82, 2.24) is 0 Å². The molecule has 1 aromatic rings. The van der Waals surface area contributed by atoms with Crippen molar-refractivity contribution in [2.75, 3.05) is 7.11 Å². The Balaban J connectivity index is 2.12. The molecular weight excluding hydrogens is 244 g/mol. The number of ether oxygens (including phenoxy) is 1. The van der Waals surface area contributed by atoms with E-state index in [1.165, 1.54) is 37.7 Å². The van der Waals surface area contributed by atoms with Crippen LogP contribution in [0, 0.1) is 5.41 Å². The van der Waals surface area contributed by atoms with Crippen molar-refractivity contribution >= 4 is 11.6 Å². The van der Waals surface area contributed by atoms with Gasteiger partial charge in [0.25, 0.3) is 0 Å². The van der Waals surface area contributed by atoms with Gasteiger partial charge in [-0.1, -0.05) is 38.0 Å². The minimum Gasteiger partial charge on any atom is -0.496 e. The van der Waals surface area contributed by atoms with E-state index in [1.54, 1.807) is 7.11 Å². The molecule has 100 valence electrons. The third kappa shape index (κ3) is 2.66. The molecule has 0 N–H and O–H groups in total. The monoisotopic (exact) mass is 266 g/mol. The van der Waals surface area contributed by atoms with E-state index in [9.17, 15) is 0 Å². The number of methoxy groups -OCH3 is 1. The number of benzene rings is 1. The summed E-state index contributed by atoms with van der Waals surface area (Å²) in [6, 6.07) is 8.23. The first-order valence-corrected chi connectivity index (χ1v) is 7.41. The quantitative estimate of drug-likeness (QED) is 0.695. The van der Waals surface area contributed by atoms with E-state index in [4.69, 9.17) is 16.3 Å². The van der Waals surface area contributed by atoms with Crippen LogP contribution in [0.25, 0.3) is 0 Å². The summed E-state index contributed by atoms with van der Waals surface area (Å²) in [4.78, 5) is 0. The summed E-state index contributed by atoms with van der Waals surface area (Å²) in [5.74, 6) is 0.965. The third-order valence-corrected chi connectivity index (χ3v) is 5.18. The SMILES string of the molecule is CCC1(C(Cl)Cc2ccccc2OC)CCCC1. The molecule has 0 saturated heterocycles. The molecule has 1 aromatic carbocycles. The number of halogens is 1. The molecule has 18 heavy (non-hydrogen) atoms. The smallest absolute Gasteiger partial charge is 0.122 e. The Bertz CT molecular complexity index is 382. The van der Waals surface area contributed by atoms with Crippen LogP contribution in [-0.4, -0.2) is 12.5 Å². The predicted molar refractivity (Wildman–Crippen MR) is 77.5 cm³/mol. The van der Waals surface area contributed by atoms with Crippen LogP contribution in [0.3, 0.4) is 0 Å². The summed E-state index contributed by atoms with van der Waals surface area (Å²) in [5, 5.41) is 0.223. The van der Waals surface area contributed by atoms with Crippen LogP contribution < -0.4 is 4.74 Å². The van der Waals surface area contributed by atoms with E-state index in [0.717, 1.165) is 12.2 Å². The molecule has 1 unspecified atom stereocenters. The molecule has 0 aliphatic heterocycles. The van der Waals surface area contributed by atoms with Crippen LogP contribution in [0.15, 0.2) is 24.3 Å². The fourth-order valence-corrected chi connectivity index (χ4v) is 3.79. The second kappa shape index (κ2) is 5.97. The molecule has 0 bridgehead atoms. The largest absolute Gasteiger partial charge is 0.496 e. The van der Waals surface area contributed by atoms with Gasteiger partial charge < -0.3 is 4.74 Å².